The van der Waals surface area contributed by atoms with Crippen molar-refractivity contribution in [1.82, 2.24) is 4.90 Å². The van der Waals surface area contributed by atoms with Gasteiger partial charge in [-0.25, -0.2) is 0 Å². The summed E-state index contributed by atoms with van der Waals surface area (Å²) in [5, 5.41) is 0.672. The maximum atomic E-state index is 12.8. The lowest BCUT2D eigenvalue weighted by Crippen LogP contribution is -2.29. The summed E-state index contributed by atoms with van der Waals surface area (Å²) in [5.74, 6) is 0.730. The Balaban J connectivity index is 1.61. The molecule has 0 unspecified atom stereocenters. The van der Waals surface area contributed by atoms with Gasteiger partial charge in [-0.2, -0.15) is 0 Å². The number of amides is 1. The predicted octanol–water partition coefficient (Wildman–Crippen LogP) is 5.86. The summed E-state index contributed by atoms with van der Waals surface area (Å²) in [4.78, 5) is 26.6. The third-order valence-electron chi connectivity index (χ3n) is 4.90. The molecule has 3 rings (SSSR count). The highest BCUT2D eigenvalue weighted by Gasteiger charge is 2.31. The van der Waals surface area contributed by atoms with Crippen molar-refractivity contribution in [3.63, 3.8) is 0 Å². The second-order valence-corrected chi connectivity index (χ2v) is 9.60. The summed E-state index contributed by atoms with van der Waals surface area (Å²) >= 11 is 12.5. The first-order valence-electron chi connectivity index (χ1n) is 10.9. The van der Waals surface area contributed by atoms with Crippen molar-refractivity contribution in [2.75, 3.05) is 20.3 Å². The maximum absolute atomic E-state index is 12.8. The molecule has 0 atom stereocenters. The van der Waals surface area contributed by atoms with E-state index in [0.717, 1.165) is 17.5 Å². The Morgan fingerprint density at radius 3 is 2.65 bits per heavy atom. The standard InChI is InChI=1S/C25H26ClNO5S2/c1-3-13-31-23(28)5-4-12-27-24(29)22(34-25(27)33)15-18-8-11-20(21(14-18)30-2)32-16-17-6-9-19(26)10-7-17/h6-11,14-15H,3-5,12-13,16H2,1-2H3/b22-15-. The van der Waals surface area contributed by atoms with Crippen LogP contribution in [-0.4, -0.2) is 41.4 Å². The van der Waals surface area contributed by atoms with E-state index in [2.05, 4.69) is 0 Å². The van der Waals surface area contributed by atoms with Crippen molar-refractivity contribution in [3.8, 4) is 11.5 Å². The Labute approximate surface area is 214 Å². The van der Waals surface area contributed by atoms with Gasteiger partial charge in [0.25, 0.3) is 5.91 Å². The molecular formula is C25H26ClNO5S2. The van der Waals surface area contributed by atoms with E-state index in [-0.39, 0.29) is 18.3 Å². The van der Waals surface area contributed by atoms with Crippen LogP contribution < -0.4 is 9.47 Å². The zero-order chi connectivity index (χ0) is 24.5. The van der Waals surface area contributed by atoms with Gasteiger partial charge >= 0.3 is 5.97 Å². The summed E-state index contributed by atoms with van der Waals surface area (Å²) in [6.45, 7) is 3.11. The van der Waals surface area contributed by atoms with Gasteiger partial charge < -0.3 is 14.2 Å². The minimum Gasteiger partial charge on any atom is -0.493 e. The lowest BCUT2D eigenvalue weighted by Gasteiger charge is -2.14. The number of nitrogens with zero attached hydrogens (tertiary/aromatic N) is 1. The number of hydrogen-bond acceptors (Lipinski definition) is 7. The molecule has 0 aliphatic carbocycles. The number of halogens is 1. The Kier molecular flexibility index (Phi) is 9.80. The number of carbonyl (C=O) groups excluding carboxylic acids is 2. The van der Waals surface area contributed by atoms with E-state index in [1.165, 1.54) is 16.7 Å². The fourth-order valence-electron chi connectivity index (χ4n) is 3.15. The van der Waals surface area contributed by atoms with Crippen LogP contribution in [0.1, 0.15) is 37.3 Å². The van der Waals surface area contributed by atoms with Crippen LogP contribution in [0.4, 0.5) is 0 Å². The molecule has 1 aliphatic rings. The highest BCUT2D eigenvalue weighted by Crippen LogP contribution is 2.35. The fourth-order valence-corrected chi connectivity index (χ4v) is 4.58. The van der Waals surface area contributed by atoms with E-state index in [1.54, 1.807) is 13.2 Å². The largest absolute Gasteiger partial charge is 0.493 e. The summed E-state index contributed by atoms with van der Waals surface area (Å²) in [6, 6.07) is 12.9. The number of ether oxygens (including phenoxy) is 3. The van der Waals surface area contributed by atoms with Crippen molar-refractivity contribution < 1.29 is 23.8 Å². The number of carbonyl (C=O) groups is 2. The monoisotopic (exact) mass is 519 g/mol. The minimum atomic E-state index is -0.256. The van der Waals surface area contributed by atoms with Crippen molar-refractivity contribution >= 4 is 57.9 Å². The number of methoxy groups -OCH3 is 1. The van der Waals surface area contributed by atoms with E-state index >= 15 is 0 Å². The van der Waals surface area contributed by atoms with Crippen molar-refractivity contribution in [2.24, 2.45) is 0 Å². The molecule has 1 saturated heterocycles. The van der Waals surface area contributed by atoms with Crippen molar-refractivity contribution in [2.45, 2.75) is 32.8 Å². The molecule has 2 aromatic rings. The first-order chi connectivity index (χ1) is 16.4. The van der Waals surface area contributed by atoms with Crippen LogP contribution >= 0.6 is 35.6 Å². The molecule has 0 spiro atoms. The highest BCUT2D eigenvalue weighted by atomic mass is 35.5. The van der Waals surface area contributed by atoms with Crippen LogP contribution in [0.15, 0.2) is 47.4 Å². The Bertz CT molecular complexity index is 1070. The normalized spacial score (nSPS) is 14.6. The molecule has 2 aromatic carbocycles. The van der Waals surface area contributed by atoms with E-state index in [9.17, 15) is 9.59 Å². The van der Waals surface area contributed by atoms with E-state index in [0.29, 0.717) is 51.9 Å². The zero-order valence-corrected chi connectivity index (χ0v) is 21.4. The van der Waals surface area contributed by atoms with Crippen molar-refractivity contribution in [1.29, 1.82) is 0 Å². The van der Waals surface area contributed by atoms with E-state index in [1.807, 2.05) is 49.4 Å². The molecule has 180 valence electrons. The highest BCUT2D eigenvalue weighted by molar-refractivity contribution is 8.26. The van der Waals surface area contributed by atoms with Crippen LogP contribution in [0.25, 0.3) is 6.08 Å². The molecule has 0 saturated carbocycles. The lowest BCUT2D eigenvalue weighted by molar-refractivity contribution is -0.144. The maximum Gasteiger partial charge on any atom is 0.305 e. The molecule has 0 N–H and O–H groups in total. The summed E-state index contributed by atoms with van der Waals surface area (Å²) in [5.41, 5.74) is 1.78. The Morgan fingerprint density at radius 1 is 1.18 bits per heavy atom. The van der Waals surface area contributed by atoms with Crippen LogP contribution in [0.3, 0.4) is 0 Å². The topological polar surface area (TPSA) is 65.1 Å². The quantitative estimate of drug-likeness (QED) is 0.209. The van der Waals surface area contributed by atoms with Gasteiger partial charge in [-0.3, -0.25) is 14.5 Å². The van der Waals surface area contributed by atoms with E-state index < -0.39 is 0 Å². The number of benzene rings is 2. The van der Waals surface area contributed by atoms with Gasteiger partial charge in [0.15, 0.2) is 11.5 Å². The second kappa shape index (κ2) is 12.8. The molecule has 1 heterocycles. The molecule has 1 amide bonds. The van der Waals surface area contributed by atoms with Crippen LogP contribution in [0.5, 0.6) is 11.5 Å². The average Bonchev–Trinajstić information content (AvgIpc) is 3.10. The fraction of sp³-hybridized carbons (Fsp3) is 0.320. The molecule has 1 fully saturated rings. The third-order valence-corrected chi connectivity index (χ3v) is 6.53. The minimum absolute atomic E-state index is 0.168. The molecule has 34 heavy (non-hydrogen) atoms. The SMILES string of the molecule is CCCOC(=O)CCCN1C(=O)/C(=C/c2ccc(OCc3ccc(Cl)cc3)c(OC)c2)SC1=S. The smallest absolute Gasteiger partial charge is 0.305 e. The summed E-state index contributed by atoms with van der Waals surface area (Å²) in [6.07, 6.45) is 3.31. The van der Waals surface area contributed by atoms with Gasteiger partial charge in [0.2, 0.25) is 0 Å². The zero-order valence-electron chi connectivity index (χ0n) is 19.0. The Morgan fingerprint density at radius 2 is 1.94 bits per heavy atom. The van der Waals surface area contributed by atoms with Gasteiger partial charge in [-0.05, 0) is 54.3 Å². The van der Waals surface area contributed by atoms with Crippen LogP contribution in [0, 0.1) is 0 Å². The first kappa shape index (κ1) is 26.1. The summed E-state index contributed by atoms with van der Waals surface area (Å²) in [7, 11) is 1.57. The van der Waals surface area contributed by atoms with Crippen LogP contribution in [0.2, 0.25) is 5.02 Å². The van der Waals surface area contributed by atoms with Gasteiger partial charge in [-0.1, -0.05) is 60.7 Å². The summed E-state index contributed by atoms with van der Waals surface area (Å²) < 4.78 is 16.9. The van der Waals surface area contributed by atoms with Crippen molar-refractivity contribution in [3.05, 3.63) is 63.5 Å². The molecule has 0 bridgehead atoms. The molecular weight excluding hydrogens is 494 g/mol. The number of hydrogen-bond donors (Lipinski definition) is 0. The van der Waals surface area contributed by atoms with Gasteiger partial charge in [-0.15, -0.1) is 0 Å². The second-order valence-electron chi connectivity index (χ2n) is 7.48. The average molecular weight is 520 g/mol. The number of thioether (sulfide) groups is 1. The molecule has 0 aromatic heterocycles. The van der Waals surface area contributed by atoms with Crippen LogP contribution in [-0.2, 0) is 20.9 Å². The molecule has 9 heteroatoms. The van der Waals surface area contributed by atoms with Gasteiger partial charge in [0.1, 0.15) is 10.9 Å². The van der Waals surface area contributed by atoms with Gasteiger partial charge in [0, 0.05) is 18.0 Å². The molecule has 0 radical (unpaired) electrons. The third kappa shape index (κ3) is 7.22. The predicted molar refractivity (Wildman–Crippen MR) is 139 cm³/mol. The van der Waals surface area contributed by atoms with E-state index in [4.69, 9.17) is 38.0 Å². The number of esters is 1. The number of thiocarbonyl (C=S) groups is 1. The number of rotatable bonds is 11. The molecule has 6 nitrogen and oxygen atoms in total. The van der Waals surface area contributed by atoms with Gasteiger partial charge in [0.05, 0.1) is 18.6 Å². The molecule has 1 aliphatic heterocycles. The Hall–Kier alpha value is -2.55. The lowest BCUT2D eigenvalue weighted by atomic mass is 10.1. The first-order valence-corrected chi connectivity index (χ1v) is 12.5.